The van der Waals surface area contributed by atoms with E-state index in [0.717, 1.165) is 6.42 Å². The van der Waals surface area contributed by atoms with Crippen molar-refractivity contribution in [3.8, 4) is 0 Å². The summed E-state index contributed by atoms with van der Waals surface area (Å²) < 4.78 is 5.48. The molecular weight excluding hydrogens is 232 g/mol. The third-order valence-electron chi connectivity index (χ3n) is 3.46. The van der Waals surface area contributed by atoms with Crippen LogP contribution in [0.15, 0.2) is 18.3 Å². The Kier molecular flexibility index (Phi) is 3.49. The Morgan fingerprint density at radius 2 is 2.39 bits per heavy atom. The zero-order valence-electron chi connectivity index (χ0n) is 10.6. The number of hydrazine groups is 1. The second kappa shape index (κ2) is 4.91. The van der Waals surface area contributed by atoms with Gasteiger partial charge in [-0.15, -0.1) is 0 Å². The number of nitrogens with two attached hydrogens (primary N) is 1. The molecule has 6 heteroatoms. The zero-order valence-corrected chi connectivity index (χ0v) is 10.6. The van der Waals surface area contributed by atoms with Gasteiger partial charge in [-0.25, -0.2) is 10.8 Å². The summed E-state index contributed by atoms with van der Waals surface area (Å²) in [5.74, 6) is 5.59. The van der Waals surface area contributed by atoms with Crippen molar-refractivity contribution in [2.45, 2.75) is 31.9 Å². The fourth-order valence-corrected chi connectivity index (χ4v) is 1.94. The van der Waals surface area contributed by atoms with Crippen LogP contribution in [0.2, 0.25) is 0 Å². The molecular formula is C12H18N4O2. The standard InChI is InChI=1S/C12H18N4O2/c1-8-12(2,5-6-18-8)15-11(17)9-3-4-10(16-13)14-7-9/h3-4,7-8H,5-6,13H2,1-2H3,(H,14,16)(H,15,17). The van der Waals surface area contributed by atoms with Crippen LogP contribution in [-0.4, -0.2) is 29.1 Å². The fraction of sp³-hybridized carbons (Fsp3) is 0.500. The van der Waals surface area contributed by atoms with E-state index in [0.29, 0.717) is 18.0 Å². The van der Waals surface area contributed by atoms with Crippen molar-refractivity contribution in [2.75, 3.05) is 12.0 Å². The number of anilines is 1. The minimum Gasteiger partial charge on any atom is -0.376 e. The number of nitrogens with one attached hydrogen (secondary N) is 2. The van der Waals surface area contributed by atoms with Gasteiger partial charge >= 0.3 is 0 Å². The fourth-order valence-electron chi connectivity index (χ4n) is 1.94. The first kappa shape index (κ1) is 12.8. The normalized spacial score (nSPS) is 26.9. The number of carbonyl (C=O) groups is 1. The van der Waals surface area contributed by atoms with Gasteiger partial charge in [-0.3, -0.25) is 4.79 Å². The molecule has 1 aliphatic heterocycles. The van der Waals surface area contributed by atoms with Gasteiger partial charge in [0.1, 0.15) is 5.82 Å². The summed E-state index contributed by atoms with van der Waals surface area (Å²) in [6.45, 7) is 4.63. The number of hydrogen-bond acceptors (Lipinski definition) is 5. The quantitative estimate of drug-likeness (QED) is 0.542. The third-order valence-corrected chi connectivity index (χ3v) is 3.46. The molecule has 18 heavy (non-hydrogen) atoms. The number of nitrogens with zero attached hydrogens (tertiary/aromatic N) is 1. The molecule has 1 amide bonds. The molecule has 6 nitrogen and oxygen atoms in total. The average Bonchev–Trinajstić information content (AvgIpc) is 2.69. The molecule has 2 unspecified atom stereocenters. The monoisotopic (exact) mass is 250 g/mol. The zero-order chi connectivity index (χ0) is 13.2. The number of aromatic nitrogens is 1. The van der Waals surface area contributed by atoms with E-state index in [2.05, 4.69) is 15.7 Å². The van der Waals surface area contributed by atoms with Crippen LogP contribution in [0.3, 0.4) is 0 Å². The maximum absolute atomic E-state index is 12.1. The molecule has 1 saturated heterocycles. The number of amides is 1. The molecule has 0 saturated carbocycles. The Morgan fingerprint density at radius 3 is 2.89 bits per heavy atom. The molecule has 4 N–H and O–H groups in total. The molecule has 0 bridgehead atoms. The Bertz CT molecular complexity index is 434. The molecule has 0 radical (unpaired) electrons. The molecule has 1 aromatic heterocycles. The van der Waals surface area contributed by atoms with Crippen molar-refractivity contribution < 1.29 is 9.53 Å². The van der Waals surface area contributed by atoms with E-state index in [-0.39, 0.29) is 17.6 Å². The lowest BCUT2D eigenvalue weighted by atomic mass is 9.94. The van der Waals surface area contributed by atoms with Crippen LogP contribution in [0.1, 0.15) is 30.6 Å². The first-order valence-corrected chi connectivity index (χ1v) is 5.92. The van der Waals surface area contributed by atoms with Crippen molar-refractivity contribution in [3.05, 3.63) is 23.9 Å². The maximum Gasteiger partial charge on any atom is 0.253 e. The highest BCUT2D eigenvalue weighted by Gasteiger charge is 2.38. The minimum absolute atomic E-state index is 0.0133. The lowest BCUT2D eigenvalue weighted by molar-refractivity contribution is 0.0727. The van der Waals surface area contributed by atoms with Gasteiger partial charge in [0.25, 0.3) is 5.91 Å². The van der Waals surface area contributed by atoms with Crippen molar-refractivity contribution >= 4 is 11.7 Å². The van der Waals surface area contributed by atoms with Crippen molar-refractivity contribution in [1.29, 1.82) is 0 Å². The average molecular weight is 250 g/mol. The topological polar surface area (TPSA) is 89.3 Å². The van der Waals surface area contributed by atoms with Gasteiger partial charge in [-0.1, -0.05) is 0 Å². The summed E-state index contributed by atoms with van der Waals surface area (Å²) in [6.07, 6.45) is 2.32. The minimum atomic E-state index is -0.318. The summed E-state index contributed by atoms with van der Waals surface area (Å²) in [7, 11) is 0. The molecule has 2 atom stereocenters. The number of nitrogen functional groups attached to an aromatic ring is 1. The van der Waals surface area contributed by atoms with Crippen LogP contribution in [0, 0.1) is 0 Å². The lowest BCUT2D eigenvalue weighted by Crippen LogP contribution is -2.50. The van der Waals surface area contributed by atoms with Gasteiger partial charge in [0.15, 0.2) is 0 Å². The van der Waals surface area contributed by atoms with Crippen molar-refractivity contribution in [2.24, 2.45) is 5.84 Å². The smallest absolute Gasteiger partial charge is 0.253 e. The van der Waals surface area contributed by atoms with Crippen LogP contribution in [0.4, 0.5) is 5.82 Å². The summed E-state index contributed by atoms with van der Waals surface area (Å²) in [5.41, 5.74) is 2.61. The SMILES string of the molecule is CC1OCCC1(C)NC(=O)c1ccc(NN)nc1. The molecule has 98 valence electrons. The Morgan fingerprint density at radius 1 is 1.61 bits per heavy atom. The lowest BCUT2D eigenvalue weighted by Gasteiger charge is -2.28. The first-order valence-electron chi connectivity index (χ1n) is 5.92. The Balaban J connectivity index is 2.07. The van der Waals surface area contributed by atoms with Crippen molar-refractivity contribution in [3.63, 3.8) is 0 Å². The van der Waals surface area contributed by atoms with Gasteiger partial charge in [-0.2, -0.15) is 0 Å². The summed E-state index contributed by atoms with van der Waals surface area (Å²) in [6, 6.07) is 3.34. The van der Waals surface area contributed by atoms with Gasteiger partial charge < -0.3 is 15.5 Å². The number of rotatable bonds is 3. The number of ether oxygens (including phenoxy) is 1. The molecule has 0 spiro atoms. The highest BCUT2D eigenvalue weighted by molar-refractivity contribution is 5.94. The second-order valence-electron chi connectivity index (χ2n) is 4.71. The molecule has 0 aliphatic carbocycles. The van der Waals surface area contributed by atoms with Crippen LogP contribution >= 0.6 is 0 Å². The molecule has 1 aliphatic rings. The number of carbonyl (C=O) groups excluding carboxylic acids is 1. The van der Waals surface area contributed by atoms with Crippen LogP contribution in [0.5, 0.6) is 0 Å². The molecule has 2 rings (SSSR count). The van der Waals surface area contributed by atoms with E-state index in [4.69, 9.17) is 10.6 Å². The summed E-state index contributed by atoms with van der Waals surface area (Å²) in [5, 5.41) is 3.00. The molecule has 2 heterocycles. The van der Waals surface area contributed by atoms with Gasteiger partial charge in [-0.05, 0) is 32.4 Å². The first-order chi connectivity index (χ1) is 8.55. The molecule has 1 fully saturated rings. The van der Waals surface area contributed by atoms with E-state index >= 15 is 0 Å². The summed E-state index contributed by atoms with van der Waals surface area (Å²) in [4.78, 5) is 16.1. The van der Waals surface area contributed by atoms with E-state index in [1.165, 1.54) is 6.20 Å². The molecule has 1 aromatic rings. The predicted octanol–water partition coefficient (Wildman–Crippen LogP) is 0.664. The Hall–Kier alpha value is -1.66. The third kappa shape index (κ3) is 2.44. The Labute approximate surface area is 106 Å². The highest BCUT2D eigenvalue weighted by Crippen LogP contribution is 2.25. The predicted molar refractivity (Wildman–Crippen MR) is 67.9 cm³/mol. The van der Waals surface area contributed by atoms with E-state index in [1.54, 1.807) is 12.1 Å². The van der Waals surface area contributed by atoms with Gasteiger partial charge in [0.05, 0.1) is 17.2 Å². The highest BCUT2D eigenvalue weighted by atomic mass is 16.5. The van der Waals surface area contributed by atoms with E-state index in [1.807, 2.05) is 13.8 Å². The van der Waals surface area contributed by atoms with E-state index in [9.17, 15) is 4.79 Å². The second-order valence-corrected chi connectivity index (χ2v) is 4.71. The maximum atomic E-state index is 12.1. The summed E-state index contributed by atoms with van der Waals surface area (Å²) >= 11 is 0. The van der Waals surface area contributed by atoms with E-state index < -0.39 is 0 Å². The number of pyridine rings is 1. The van der Waals surface area contributed by atoms with Crippen LogP contribution in [0.25, 0.3) is 0 Å². The van der Waals surface area contributed by atoms with Crippen LogP contribution in [-0.2, 0) is 4.74 Å². The van der Waals surface area contributed by atoms with Gasteiger partial charge in [0, 0.05) is 12.8 Å². The largest absolute Gasteiger partial charge is 0.376 e. The van der Waals surface area contributed by atoms with Gasteiger partial charge in [0.2, 0.25) is 0 Å². The number of hydrogen-bond donors (Lipinski definition) is 3. The van der Waals surface area contributed by atoms with Crippen LogP contribution < -0.4 is 16.6 Å². The molecule has 0 aromatic carbocycles. The van der Waals surface area contributed by atoms with Crippen molar-refractivity contribution in [1.82, 2.24) is 10.3 Å².